The standard InChI is InChI=1S/C23H24N2O/c1-15-10-12-21(24-14-15)19-9-5-8-17-18-11-13-20(16-6-3-2-4-7-16)25-23(18)26-22(17)19/h8,10-14,16H,2-7,9H2,1H3/i1D3,10D,12D,16D. The lowest BCUT2D eigenvalue weighted by Crippen LogP contribution is -2.26. The molecule has 1 fully saturated rings. The van der Waals surface area contributed by atoms with Crippen molar-refractivity contribution in [2.75, 3.05) is 0 Å². The Balaban J connectivity index is 1.69. The Bertz CT molecular complexity index is 1340. The molecule has 3 heteroatoms. The topological polar surface area (TPSA) is 38.9 Å². The van der Waals surface area contributed by atoms with Gasteiger partial charge in [-0.1, -0.05) is 31.4 Å². The molecule has 0 bridgehead atoms. The molecule has 0 saturated heterocycles. The van der Waals surface area contributed by atoms with Crippen LogP contribution < -0.4 is 10.6 Å². The maximum atomic E-state index is 8.88. The molecule has 0 amide bonds. The van der Waals surface area contributed by atoms with Crippen LogP contribution in [0.1, 0.15) is 76.0 Å². The highest BCUT2D eigenvalue weighted by atomic mass is 16.3. The van der Waals surface area contributed by atoms with Crippen LogP contribution in [0.3, 0.4) is 0 Å². The summed E-state index contributed by atoms with van der Waals surface area (Å²) >= 11 is 0. The van der Waals surface area contributed by atoms with Crippen LogP contribution in [-0.2, 0) is 0 Å². The van der Waals surface area contributed by atoms with Crippen molar-refractivity contribution in [3.05, 3.63) is 58.0 Å². The summed E-state index contributed by atoms with van der Waals surface area (Å²) in [6.45, 7) is -2.49. The van der Waals surface area contributed by atoms with Gasteiger partial charge in [0.05, 0.1) is 8.44 Å². The average molecular weight is 350 g/mol. The molecule has 3 aromatic heterocycles. The molecule has 3 nitrogen and oxygen atoms in total. The maximum Gasteiger partial charge on any atom is 0.227 e. The van der Waals surface area contributed by atoms with Gasteiger partial charge in [-0.05, 0) is 56.3 Å². The second kappa shape index (κ2) is 6.39. The van der Waals surface area contributed by atoms with Gasteiger partial charge in [-0.3, -0.25) is 4.98 Å². The molecule has 0 atom stereocenters. The first-order valence-electron chi connectivity index (χ1n) is 12.3. The Labute approximate surface area is 161 Å². The van der Waals surface area contributed by atoms with E-state index in [2.05, 4.69) is 11.1 Å². The van der Waals surface area contributed by atoms with Crippen molar-refractivity contribution in [3.63, 3.8) is 0 Å². The van der Waals surface area contributed by atoms with Gasteiger partial charge in [0, 0.05) is 39.4 Å². The molecule has 3 heterocycles. The van der Waals surface area contributed by atoms with Gasteiger partial charge in [-0.2, -0.15) is 0 Å². The minimum absolute atomic E-state index is 0.206. The van der Waals surface area contributed by atoms with Crippen molar-refractivity contribution in [1.29, 1.82) is 0 Å². The minimum Gasteiger partial charge on any atom is -0.437 e. The summed E-state index contributed by atoms with van der Waals surface area (Å²) in [5.74, 6) is -0.683. The molecule has 0 spiro atoms. The number of hydrogen-bond acceptors (Lipinski definition) is 3. The number of rotatable bonds is 2. The largest absolute Gasteiger partial charge is 0.437 e. The number of aryl methyl sites for hydroxylation is 1. The SMILES string of the molecule is [2H]c1c(C([2H])([2H])[2H])cnc(C2=c3oc4nc(C5([2H])CCCCC5)ccc4c3=CCC2)c1[2H]. The summed E-state index contributed by atoms with van der Waals surface area (Å²) in [5, 5.41) is 1.74. The van der Waals surface area contributed by atoms with Gasteiger partial charge in [0.15, 0.2) is 0 Å². The Morgan fingerprint density at radius 2 is 2.15 bits per heavy atom. The number of nitrogens with zero attached hydrogens (tertiary/aromatic N) is 2. The normalized spacial score (nSPS) is 23.0. The van der Waals surface area contributed by atoms with Crippen molar-refractivity contribution < 1.29 is 12.6 Å². The zero-order valence-electron chi connectivity index (χ0n) is 20.6. The first-order chi connectivity index (χ1) is 15.2. The molecule has 0 radical (unpaired) electrons. The van der Waals surface area contributed by atoms with Gasteiger partial charge in [0.1, 0.15) is 5.42 Å². The van der Waals surface area contributed by atoms with E-state index in [1.54, 1.807) is 0 Å². The smallest absolute Gasteiger partial charge is 0.227 e. The monoisotopic (exact) mass is 350 g/mol. The van der Waals surface area contributed by atoms with Crippen LogP contribution >= 0.6 is 0 Å². The zero-order valence-corrected chi connectivity index (χ0v) is 14.6. The molecule has 0 N–H and O–H groups in total. The quantitative estimate of drug-likeness (QED) is 0.690. The van der Waals surface area contributed by atoms with E-state index in [9.17, 15) is 0 Å². The van der Waals surface area contributed by atoms with Crippen LogP contribution in [0.4, 0.5) is 0 Å². The fraction of sp³-hybridized carbons (Fsp3) is 0.391. The number of hydrogen-bond donors (Lipinski definition) is 0. The Morgan fingerprint density at radius 1 is 1.23 bits per heavy atom. The van der Waals surface area contributed by atoms with Gasteiger partial charge in [-0.25, -0.2) is 4.98 Å². The van der Waals surface area contributed by atoms with Crippen LogP contribution in [0.5, 0.6) is 0 Å². The van der Waals surface area contributed by atoms with Crippen molar-refractivity contribution in [2.24, 2.45) is 0 Å². The first kappa shape index (κ1) is 10.7. The zero-order chi connectivity index (χ0) is 22.7. The summed E-state index contributed by atoms with van der Waals surface area (Å²) in [7, 11) is 0. The third kappa shape index (κ3) is 2.66. The first-order valence-corrected chi connectivity index (χ1v) is 9.29. The van der Waals surface area contributed by atoms with Crippen LogP contribution in [-0.4, -0.2) is 9.97 Å². The third-order valence-electron chi connectivity index (χ3n) is 5.35. The Hall–Kier alpha value is -2.42. The lowest BCUT2D eigenvalue weighted by molar-refractivity contribution is 0.435. The van der Waals surface area contributed by atoms with Crippen LogP contribution in [0.25, 0.3) is 22.7 Å². The van der Waals surface area contributed by atoms with Gasteiger partial charge in [0.2, 0.25) is 5.71 Å². The van der Waals surface area contributed by atoms with Crippen molar-refractivity contribution in [3.8, 4) is 0 Å². The van der Waals surface area contributed by atoms with E-state index >= 15 is 0 Å². The minimum atomic E-state index is -2.49. The average Bonchev–Trinajstić information content (AvgIpc) is 3.13. The second-order valence-electron chi connectivity index (χ2n) is 7.05. The number of aromatic nitrogens is 2. The lowest BCUT2D eigenvalue weighted by atomic mass is 9.86. The van der Waals surface area contributed by atoms with E-state index in [-0.39, 0.29) is 23.3 Å². The van der Waals surface area contributed by atoms with Crippen LogP contribution in [0.15, 0.2) is 34.8 Å². The number of furan rings is 1. The van der Waals surface area contributed by atoms with Crippen molar-refractivity contribution in [2.45, 2.75) is 57.7 Å². The third-order valence-corrected chi connectivity index (χ3v) is 5.35. The summed E-state index contributed by atoms with van der Waals surface area (Å²) in [6.07, 6.45) is 9.36. The molecule has 0 unspecified atom stereocenters. The predicted molar refractivity (Wildman–Crippen MR) is 104 cm³/mol. The van der Waals surface area contributed by atoms with E-state index in [0.717, 1.165) is 54.8 Å². The van der Waals surface area contributed by atoms with Crippen molar-refractivity contribution >= 4 is 22.7 Å². The predicted octanol–water partition coefficient (Wildman–Crippen LogP) is 4.35. The molecule has 26 heavy (non-hydrogen) atoms. The fourth-order valence-corrected chi connectivity index (χ4v) is 4.03. The molecule has 0 aliphatic heterocycles. The number of fused-ring (bicyclic) bond motifs is 3. The van der Waals surface area contributed by atoms with E-state index in [0.29, 0.717) is 23.1 Å². The highest BCUT2D eigenvalue weighted by molar-refractivity contribution is 5.78. The van der Waals surface area contributed by atoms with E-state index < -0.39 is 12.7 Å². The molecular weight excluding hydrogens is 320 g/mol. The Kier molecular flexibility index (Phi) is 2.62. The second-order valence-corrected chi connectivity index (χ2v) is 7.05. The molecule has 5 rings (SSSR count). The van der Waals surface area contributed by atoms with Gasteiger partial charge in [-0.15, -0.1) is 0 Å². The lowest BCUT2D eigenvalue weighted by Gasteiger charge is -2.20. The molecule has 3 aromatic rings. The highest BCUT2D eigenvalue weighted by Crippen LogP contribution is 2.32. The number of pyridine rings is 2. The van der Waals surface area contributed by atoms with Gasteiger partial charge in [0.25, 0.3) is 0 Å². The summed E-state index contributed by atoms with van der Waals surface area (Å²) < 4.78 is 54.4. The highest BCUT2D eigenvalue weighted by Gasteiger charge is 2.19. The van der Waals surface area contributed by atoms with Gasteiger partial charge >= 0.3 is 0 Å². The fourth-order valence-electron chi connectivity index (χ4n) is 4.03. The summed E-state index contributed by atoms with van der Waals surface area (Å²) in [6, 6.07) is 3.36. The van der Waals surface area contributed by atoms with Gasteiger partial charge < -0.3 is 4.42 Å². The van der Waals surface area contributed by atoms with E-state index in [1.165, 1.54) is 6.20 Å². The van der Waals surface area contributed by atoms with Crippen LogP contribution in [0, 0.1) is 6.85 Å². The van der Waals surface area contributed by atoms with Crippen molar-refractivity contribution in [1.82, 2.24) is 9.97 Å². The van der Waals surface area contributed by atoms with E-state index in [1.807, 2.05) is 12.1 Å². The van der Waals surface area contributed by atoms with Crippen LogP contribution in [0.2, 0.25) is 0 Å². The summed E-state index contributed by atoms with van der Waals surface area (Å²) in [4.78, 5) is 9.00. The molecule has 1 saturated carbocycles. The summed E-state index contributed by atoms with van der Waals surface area (Å²) in [5.41, 5.74) is 2.51. The molecular formula is C23H24N2O. The molecule has 132 valence electrons. The maximum absolute atomic E-state index is 8.88. The Morgan fingerprint density at radius 3 is 3.04 bits per heavy atom. The molecule has 0 aromatic carbocycles. The molecule has 2 aliphatic carbocycles. The molecule has 2 aliphatic rings. The van der Waals surface area contributed by atoms with E-state index in [4.69, 9.17) is 17.6 Å².